The first-order chi connectivity index (χ1) is 31.7. The van der Waals surface area contributed by atoms with Gasteiger partial charge in [-0.3, -0.25) is 4.57 Å². The van der Waals surface area contributed by atoms with Crippen molar-refractivity contribution in [2.75, 3.05) is 16.5 Å². The van der Waals surface area contributed by atoms with Crippen LogP contribution in [0, 0.1) is 5.41 Å². The lowest BCUT2D eigenvalue weighted by Crippen LogP contribution is -2.31. The van der Waals surface area contributed by atoms with E-state index >= 15 is 0 Å². The highest BCUT2D eigenvalue weighted by Gasteiger charge is 2.33. The van der Waals surface area contributed by atoms with Crippen molar-refractivity contribution in [1.29, 1.82) is 0 Å². The van der Waals surface area contributed by atoms with Gasteiger partial charge in [0, 0.05) is 63.2 Å². The fraction of sp³-hybridized carbons (Fsp3) is 0.197. The van der Waals surface area contributed by atoms with E-state index in [0.717, 1.165) is 50.6 Å². The molecular formula is C61H58N4O. The van der Waals surface area contributed by atoms with Crippen molar-refractivity contribution < 1.29 is 4.74 Å². The molecule has 1 aliphatic heterocycles. The molecule has 3 heterocycles. The Labute approximate surface area is 390 Å². The summed E-state index contributed by atoms with van der Waals surface area (Å²) < 4.78 is 9.26. The van der Waals surface area contributed by atoms with E-state index in [1.165, 1.54) is 44.6 Å². The van der Waals surface area contributed by atoms with Gasteiger partial charge in [-0.1, -0.05) is 171 Å². The molecule has 0 amide bonds. The van der Waals surface area contributed by atoms with E-state index in [2.05, 4.69) is 258 Å². The molecule has 5 nitrogen and oxygen atoms in total. The van der Waals surface area contributed by atoms with Crippen molar-refractivity contribution in [2.24, 2.45) is 5.41 Å². The SMILES string of the molecule is CC(C)(C)C1=CN(c2cc(Oc3ccc4c5ccccc5n(-c5cc(C(C)(C)C)ccn5)c4c3)cc(-c3ccccc3)c2)CN1c1cc(-c2ccccc2)cc(C(C)(C)c2ccccc2)c1. The Kier molecular flexibility index (Phi) is 10.7. The van der Waals surface area contributed by atoms with Crippen LogP contribution in [-0.2, 0) is 10.8 Å². The number of aromatic nitrogens is 2. The van der Waals surface area contributed by atoms with Crippen LogP contribution in [0.3, 0.4) is 0 Å². The summed E-state index contributed by atoms with van der Waals surface area (Å²) in [6, 6.07) is 65.4. The molecule has 0 saturated carbocycles. The molecule has 1 aliphatic rings. The molecule has 0 bridgehead atoms. The molecule has 0 aliphatic carbocycles. The number of para-hydroxylation sites is 1. The average molecular weight is 863 g/mol. The molecule has 0 fully saturated rings. The lowest BCUT2D eigenvalue weighted by Gasteiger charge is -2.33. The summed E-state index contributed by atoms with van der Waals surface area (Å²) in [4.78, 5) is 9.80. The summed E-state index contributed by atoms with van der Waals surface area (Å²) >= 11 is 0. The molecule has 0 N–H and O–H groups in total. The molecule has 10 rings (SSSR count). The van der Waals surface area contributed by atoms with E-state index in [0.29, 0.717) is 6.67 Å². The predicted octanol–water partition coefficient (Wildman–Crippen LogP) is 16.1. The van der Waals surface area contributed by atoms with Gasteiger partial charge in [-0.25, -0.2) is 4.98 Å². The summed E-state index contributed by atoms with van der Waals surface area (Å²) in [5.74, 6) is 2.42. The molecule has 66 heavy (non-hydrogen) atoms. The maximum atomic E-state index is 6.98. The lowest BCUT2D eigenvalue weighted by molar-refractivity contribution is 0.483. The molecule has 0 radical (unpaired) electrons. The number of fused-ring (bicyclic) bond motifs is 3. The van der Waals surface area contributed by atoms with Crippen molar-refractivity contribution in [3.8, 4) is 39.6 Å². The molecule has 0 saturated heterocycles. The molecule has 2 aromatic heterocycles. The molecule has 328 valence electrons. The van der Waals surface area contributed by atoms with Gasteiger partial charge in [0.25, 0.3) is 0 Å². The number of ether oxygens (including phenoxy) is 1. The number of benzene rings is 7. The number of rotatable bonds is 9. The van der Waals surface area contributed by atoms with E-state index in [1.54, 1.807) is 0 Å². The van der Waals surface area contributed by atoms with Crippen molar-refractivity contribution in [1.82, 2.24) is 9.55 Å². The van der Waals surface area contributed by atoms with Gasteiger partial charge in [-0.2, -0.15) is 0 Å². The second-order valence-corrected chi connectivity index (χ2v) is 20.3. The van der Waals surface area contributed by atoms with Gasteiger partial charge in [-0.15, -0.1) is 0 Å². The van der Waals surface area contributed by atoms with Crippen LogP contribution in [0.15, 0.2) is 200 Å². The second-order valence-electron chi connectivity index (χ2n) is 20.3. The minimum Gasteiger partial charge on any atom is -0.457 e. The summed E-state index contributed by atoms with van der Waals surface area (Å²) in [6.07, 6.45) is 4.27. The number of allylic oxidation sites excluding steroid dienone is 1. The molecule has 0 unspecified atom stereocenters. The number of hydrogen-bond acceptors (Lipinski definition) is 4. The standard InChI is InChI=1S/C61H58N4O/c1-59(2,3)47-30-31-62-58(37-47)65-55-27-19-18-26-53(55)54-29-28-51(39-56(54)65)66-52-35-45(43-22-14-10-15-23-43)33-49(38-52)63-40-57(60(4,5)6)64(41-63)50-34-44(42-20-12-9-13-21-42)32-48(36-50)61(7,8)46-24-16-11-17-25-46/h9-40H,41H2,1-8H3. The van der Waals surface area contributed by atoms with Crippen LogP contribution in [0.4, 0.5) is 11.4 Å². The Hall–Kier alpha value is -7.37. The predicted molar refractivity (Wildman–Crippen MR) is 277 cm³/mol. The molecule has 0 atom stereocenters. The first kappa shape index (κ1) is 42.6. The van der Waals surface area contributed by atoms with Crippen molar-refractivity contribution in [3.05, 3.63) is 217 Å². The number of pyridine rings is 1. The minimum atomic E-state index is -0.230. The third kappa shape index (κ3) is 8.15. The Morgan fingerprint density at radius 1 is 0.455 bits per heavy atom. The largest absolute Gasteiger partial charge is 0.457 e. The van der Waals surface area contributed by atoms with E-state index in [9.17, 15) is 0 Å². The van der Waals surface area contributed by atoms with Gasteiger partial charge in [0.1, 0.15) is 17.3 Å². The number of hydrogen-bond donors (Lipinski definition) is 0. The fourth-order valence-electron chi connectivity index (χ4n) is 9.42. The Bertz CT molecular complexity index is 3240. The monoisotopic (exact) mass is 862 g/mol. The third-order valence-corrected chi connectivity index (χ3v) is 13.2. The zero-order valence-electron chi connectivity index (χ0n) is 39.4. The Morgan fingerprint density at radius 3 is 1.76 bits per heavy atom. The van der Waals surface area contributed by atoms with Crippen LogP contribution in [0.2, 0.25) is 0 Å². The Morgan fingerprint density at radius 2 is 1.08 bits per heavy atom. The minimum absolute atomic E-state index is 0.0180. The zero-order valence-corrected chi connectivity index (χ0v) is 39.4. The number of anilines is 2. The first-order valence-electron chi connectivity index (χ1n) is 23.1. The van der Waals surface area contributed by atoms with E-state index in [1.807, 2.05) is 6.20 Å². The van der Waals surface area contributed by atoms with Crippen molar-refractivity contribution in [2.45, 2.75) is 66.2 Å². The van der Waals surface area contributed by atoms with Crippen molar-refractivity contribution >= 4 is 33.2 Å². The van der Waals surface area contributed by atoms with Gasteiger partial charge >= 0.3 is 0 Å². The highest BCUT2D eigenvalue weighted by atomic mass is 16.5. The van der Waals surface area contributed by atoms with Gasteiger partial charge in [0.05, 0.1) is 17.7 Å². The van der Waals surface area contributed by atoms with Crippen LogP contribution >= 0.6 is 0 Å². The molecule has 5 heteroatoms. The Balaban J connectivity index is 1.07. The second kappa shape index (κ2) is 16.6. The van der Waals surface area contributed by atoms with Crippen LogP contribution < -0.4 is 14.5 Å². The lowest BCUT2D eigenvalue weighted by atomic mass is 9.77. The van der Waals surface area contributed by atoms with E-state index in [-0.39, 0.29) is 16.2 Å². The van der Waals surface area contributed by atoms with Crippen LogP contribution in [0.1, 0.15) is 72.1 Å². The maximum Gasteiger partial charge on any atom is 0.137 e. The highest BCUT2D eigenvalue weighted by Crippen LogP contribution is 2.44. The van der Waals surface area contributed by atoms with Crippen LogP contribution in [0.25, 0.3) is 49.9 Å². The average Bonchev–Trinajstić information content (AvgIpc) is 3.93. The third-order valence-electron chi connectivity index (χ3n) is 13.2. The molecule has 7 aromatic carbocycles. The van der Waals surface area contributed by atoms with Crippen LogP contribution in [0.5, 0.6) is 11.5 Å². The molecule has 0 spiro atoms. The quantitative estimate of drug-likeness (QED) is 0.145. The van der Waals surface area contributed by atoms with E-state index < -0.39 is 0 Å². The fourth-order valence-corrected chi connectivity index (χ4v) is 9.42. The van der Waals surface area contributed by atoms with Crippen molar-refractivity contribution in [3.63, 3.8) is 0 Å². The molecular weight excluding hydrogens is 805 g/mol. The van der Waals surface area contributed by atoms with Gasteiger partial charge in [0.15, 0.2) is 0 Å². The van der Waals surface area contributed by atoms with Gasteiger partial charge < -0.3 is 14.5 Å². The van der Waals surface area contributed by atoms with Gasteiger partial charge in [-0.05, 0) is 99.0 Å². The summed E-state index contributed by atoms with van der Waals surface area (Å²) in [5, 5.41) is 2.34. The summed E-state index contributed by atoms with van der Waals surface area (Å²) in [5.41, 5.74) is 13.6. The maximum absolute atomic E-state index is 6.98. The first-order valence-corrected chi connectivity index (χ1v) is 23.1. The van der Waals surface area contributed by atoms with Crippen LogP contribution in [-0.4, -0.2) is 16.2 Å². The summed E-state index contributed by atoms with van der Waals surface area (Å²) in [7, 11) is 0. The molecule has 9 aromatic rings. The topological polar surface area (TPSA) is 33.5 Å². The normalized spacial score (nSPS) is 13.4. The van der Waals surface area contributed by atoms with Gasteiger partial charge in [0.2, 0.25) is 0 Å². The summed E-state index contributed by atoms with van der Waals surface area (Å²) in [6.45, 7) is 19.0. The van der Waals surface area contributed by atoms with E-state index in [4.69, 9.17) is 9.72 Å². The highest BCUT2D eigenvalue weighted by molar-refractivity contribution is 6.09. The smallest absolute Gasteiger partial charge is 0.137 e. The zero-order chi connectivity index (χ0) is 45.8. The number of nitrogens with zero attached hydrogens (tertiary/aromatic N) is 4.